The maximum Gasteiger partial charge on any atom is 0.316 e. The van der Waals surface area contributed by atoms with Gasteiger partial charge in [-0.15, -0.1) is 0 Å². The number of carbonyl (C=O) groups is 1. The van der Waals surface area contributed by atoms with Gasteiger partial charge in [0, 0.05) is 4.47 Å². The maximum atomic E-state index is 12.3. The molecule has 0 radical (unpaired) electrons. The third-order valence-electron chi connectivity index (χ3n) is 4.13. The monoisotopic (exact) mass is 325 g/mol. The van der Waals surface area contributed by atoms with E-state index in [0.29, 0.717) is 0 Å². The molecule has 0 atom stereocenters. The Labute approximate surface area is 123 Å². The summed E-state index contributed by atoms with van der Waals surface area (Å²) in [4.78, 5) is 14.7. The predicted molar refractivity (Wildman–Crippen MR) is 79.2 cm³/mol. The topological polar surface area (TPSA) is 29.5 Å². The molecule has 0 aliphatic carbocycles. The molecule has 19 heavy (non-hydrogen) atoms. The van der Waals surface area contributed by atoms with Crippen molar-refractivity contribution < 1.29 is 9.53 Å². The SMILES string of the molecule is CCN1CCC(C(=O)OC)(c2ccc(Br)cc2)CC1. The summed E-state index contributed by atoms with van der Waals surface area (Å²) in [5, 5.41) is 0. The van der Waals surface area contributed by atoms with Crippen molar-refractivity contribution in [3.63, 3.8) is 0 Å². The summed E-state index contributed by atoms with van der Waals surface area (Å²) in [6.45, 7) is 5.09. The zero-order valence-corrected chi connectivity index (χ0v) is 13.1. The predicted octanol–water partition coefficient (Wildman–Crippen LogP) is 2.98. The number of benzene rings is 1. The van der Waals surface area contributed by atoms with Gasteiger partial charge in [0.1, 0.15) is 0 Å². The highest BCUT2D eigenvalue weighted by atomic mass is 79.9. The summed E-state index contributed by atoms with van der Waals surface area (Å²) in [5.41, 5.74) is 0.597. The highest BCUT2D eigenvalue weighted by Gasteiger charge is 2.43. The van der Waals surface area contributed by atoms with Crippen LogP contribution in [0.2, 0.25) is 0 Å². The second kappa shape index (κ2) is 6.06. The number of carbonyl (C=O) groups excluding carboxylic acids is 1. The third-order valence-corrected chi connectivity index (χ3v) is 4.66. The number of likely N-dealkylation sites (tertiary alicyclic amines) is 1. The Bertz CT molecular complexity index is 436. The molecule has 0 unspecified atom stereocenters. The van der Waals surface area contributed by atoms with Crippen molar-refractivity contribution in [1.29, 1.82) is 0 Å². The summed E-state index contributed by atoms with van der Waals surface area (Å²) >= 11 is 3.44. The van der Waals surface area contributed by atoms with E-state index in [4.69, 9.17) is 4.74 Å². The number of nitrogens with zero attached hydrogens (tertiary/aromatic N) is 1. The third kappa shape index (κ3) is 2.84. The van der Waals surface area contributed by atoms with Crippen LogP contribution in [0, 0.1) is 0 Å². The molecule has 1 aliphatic rings. The molecule has 0 N–H and O–H groups in total. The van der Waals surface area contributed by atoms with Gasteiger partial charge in [-0.25, -0.2) is 0 Å². The van der Waals surface area contributed by atoms with Crippen molar-refractivity contribution in [1.82, 2.24) is 4.90 Å². The fraction of sp³-hybridized carbons (Fsp3) is 0.533. The summed E-state index contributed by atoms with van der Waals surface area (Å²) < 4.78 is 6.11. The van der Waals surface area contributed by atoms with Crippen LogP contribution < -0.4 is 0 Å². The molecule has 4 heteroatoms. The first kappa shape index (κ1) is 14.5. The molecule has 1 heterocycles. The molecule has 0 amide bonds. The highest BCUT2D eigenvalue weighted by Crippen LogP contribution is 2.37. The lowest BCUT2D eigenvalue weighted by Gasteiger charge is -2.39. The van der Waals surface area contributed by atoms with E-state index >= 15 is 0 Å². The van der Waals surface area contributed by atoms with Crippen LogP contribution in [0.25, 0.3) is 0 Å². The molecule has 1 fully saturated rings. The number of hydrogen-bond acceptors (Lipinski definition) is 3. The number of rotatable bonds is 3. The van der Waals surface area contributed by atoms with Crippen molar-refractivity contribution in [3.05, 3.63) is 34.3 Å². The number of hydrogen-bond donors (Lipinski definition) is 0. The molecule has 0 aromatic heterocycles. The van der Waals surface area contributed by atoms with Crippen molar-refractivity contribution >= 4 is 21.9 Å². The van der Waals surface area contributed by atoms with Gasteiger partial charge >= 0.3 is 5.97 Å². The van der Waals surface area contributed by atoms with E-state index in [1.54, 1.807) is 0 Å². The Morgan fingerprint density at radius 2 is 1.89 bits per heavy atom. The van der Waals surface area contributed by atoms with Crippen molar-refractivity contribution in [3.8, 4) is 0 Å². The van der Waals surface area contributed by atoms with E-state index in [2.05, 4.69) is 27.8 Å². The van der Waals surface area contributed by atoms with Gasteiger partial charge in [0.2, 0.25) is 0 Å². The van der Waals surface area contributed by atoms with E-state index in [1.165, 1.54) is 7.11 Å². The molecule has 0 bridgehead atoms. The van der Waals surface area contributed by atoms with Gasteiger partial charge in [-0.3, -0.25) is 4.79 Å². The average Bonchev–Trinajstić information content (AvgIpc) is 2.47. The molecule has 2 rings (SSSR count). The van der Waals surface area contributed by atoms with Crippen LogP contribution in [0.3, 0.4) is 0 Å². The Morgan fingerprint density at radius 3 is 2.37 bits per heavy atom. The van der Waals surface area contributed by atoms with E-state index in [9.17, 15) is 4.79 Å². The fourth-order valence-electron chi connectivity index (χ4n) is 2.83. The Kier molecular flexibility index (Phi) is 4.63. The van der Waals surface area contributed by atoms with E-state index < -0.39 is 5.41 Å². The van der Waals surface area contributed by atoms with Crippen LogP contribution in [0.5, 0.6) is 0 Å². The van der Waals surface area contributed by atoms with Gasteiger partial charge in [-0.1, -0.05) is 35.0 Å². The van der Waals surface area contributed by atoms with Gasteiger partial charge in [0.25, 0.3) is 0 Å². The van der Waals surface area contributed by atoms with Crippen molar-refractivity contribution in [2.75, 3.05) is 26.7 Å². The number of halogens is 1. The highest BCUT2D eigenvalue weighted by molar-refractivity contribution is 9.10. The van der Waals surface area contributed by atoms with Crippen molar-refractivity contribution in [2.24, 2.45) is 0 Å². The largest absolute Gasteiger partial charge is 0.468 e. The van der Waals surface area contributed by atoms with E-state index in [0.717, 1.165) is 42.5 Å². The Morgan fingerprint density at radius 1 is 1.32 bits per heavy atom. The number of piperidine rings is 1. The summed E-state index contributed by atoms with van der Waals surface area (Å²) in [5.74, 6) is -0.106. The lowest BCUT2D eigenvalue weighted by Crippen LogP contribution is -2.47. The van der Waals surface area contributed by atoms with E-state index in [1.807, 2.05) is 24.3 Å². The summed E-state index contributed by atoms with van der Waals surface area (Å²) in [7, 11) is 1.48. The van der Waals surface area contributed by atoms with Crippen LogP contribution in [0.1, 0.15) is 25.3 Å². The van der Waals surface area contributed by atoms with Gasteiger partial charge < -0.3 is 9.64 Å². The maximum absolute atomic E-state index is 12.3. The quantitative estimate of drug-likeness (QED) is 0.800. The van der Waals surface area contributed by atoms with E-state index in [-0.39, 0.29) is 5.97 Å². The van der Waals surface area contributed by atoms with Crippen LogP contribution in [-0.2, 0) is 14.9 Å². The van der Waals surface area contributed by atoms with Gasteiger partial charge in [-0.05, 0) is 50.2 Å². The van der Waals surface area contributed by atoms with Gasteiger partial charge in [0.15, 0.2) is 0 Å². The molecule has 1 aromatic rings. The number of ether oxygens (including phenoxy) is 1. The summed E-state index contributed by atoms with van der Waals surface area (Å²) in [6, 6.07) is 8.05. The molecule has 0 saturated carbocycles. The Balaban J connectivity index is 2.31. The lowest BCUT2D eigenvalue weighted by molar-refractivity contribution is -0.149. The number of methoxy groups -OCH3 is 1. The van der Waals surface area contributed by atoms with Crippen LogP contribution in [-0.4, -0.2) is 37.6 Å². The molecular formula is C15H20BrNO2. The normalized spacial score (nSPS) is 19.1. The number of esters is 1. The zero-order chi connectivity index (χ0) is 13.9. The lowest BCUT2D eigenvalue weighted by atomic mass is 9.73. The van der Waals surface area contributed by atoms with Crippen LogP contribution in [0.4, 0.5) is 0 Å². The second-order valence-corrected chi connectivity index (χ2v) is 5.93. The molecule has 0 spiro atoms. The van der Waals surface area contributed by atoms with Crippen LogP contribution in [0.15, 0.2) is 28.7 Å². The minimum Gasteiger partial charge on any atom is -0.468 e. The summed E-state index contributed by atoms with van der Waals surface area (Å²) in [6.07, 6.45) is 1.66. The fourth-order valence-corrected chi connectivity index (χ4v) is 3.09. The molecule has 3 nitrogen and oxygen atoms in total. The van der Waals surface area contributed by atoms with Crippen molar-refractivity contribution in [2.45, 2.75) is 25.2 Å². The average molecular weight is 326 g/mol. The molecule has 104 valence electrons. The molecule has 1 aromatic carbocycles. The Hall–Kier alpha value is -0.870. The first-order chi connectivity index (χ1) is 9.12. The first-order valence-electron chi connectivity index (χ1n) is 6.69. The first-order valence-corrected chi connectivity index (χ1v) is 7.48. The minimum absolute atomic E-state index is 0.106. The molecule has 1 saturated heterocycles. The second-order valence-electron chi connectivity index (χ2n) is 5.01. The molecular weight excluding hydrogens is 306 g/mol. The van der Waals surface area contributed by atoms with Gasteiger partial charge in [-0.2, -0.15) is 0 Å². The van der Waals surface area contributed by atoms with Crippen LogP contribution >= 0.6 is 15.9 Å². The van der Waals surface area contributed by atoms with Gasteiger partial charge in [0.05, 0.1) is 12.5 Å². The smallest absolute Gasteiger partial charge is 0.316 e. The standard InChI is InChI=1S/C15H20BrNO2/c1-3-17-10-8-15(9-11-17,14(18)19-2)12-4-6-13(16)7-5-12/h4-7H,3,8-11H2,1-2H3. The minimum atomic E-state index is -0.471. The zero-order valence-electron chi connectivity index (χ0n) is 11.5. The molecule has 1 aliphatic heterocycles.